The molecule has 1 unspecified atom stereocenters. The number of halogens is 3. The Labute approximate surface area is 127 Å². The zero-order valence-corrected chi connectivity index (χ0v) is 12.3. The van der Waals surface area contributed by atoms with Gasteiger partial charge in [-0.25, -0.2) is 0 Å². The maximum absolute atomic E-state index is 12.5. The third-order valence-electron chi connectivity index (χ3n) is 3.75. The van der Waals surface area contributed by atoms with Crippen LogP contribution in [0.2, 0.25) is 0 Å². The van der Waals surface area contributed by atoms with Gasteiger partial charge >= 0.3 is 6.18 Å². The number of ether oxygens (including phenoxy) is 1. The van der Waals surface area contributed by atoms with Gasteiger partial charge in [0.25, 0.3) is 0 Å². The quantitative estimate of drug-likeness (QED) is 0.926. The summed E-state index contributed by atoms with van der Waals surface area (Å²) < 4.78 is 43.1. The number of benzene rings is 1. The molecule has 1 aliphatic rings. The number of nitrogens with zero attached hydrogens (tertiary/aromatic N) is 1. The van der Waals surface area contributed by atoms with Crippen molar-refractivity contribution in [1.29, 1.82) is 0 Å². The van der Waals surface area contributed by atoms with Crippen molar-refractivity contribution in [3.8, 4) is 0 Å². The molecule has 0 aliphatic carbocycles. The maximum Gasteiger partial charge on any atom is 0.416 e. The van der Waals surface area contributed by atoms with Crippen LogP contribution in [-0.2, 0) is 22.3 Å². The second-order valence-electron chi connectivity index (χ2n) is 5.72. The molecule has 4 nitrogen and oxygen atoms in total. The largest absolute Gasteiger partial charge is 0.416 e. The van der Waals surface area contributed by atoms with Crippen molar-refractivity contribution < 1.29 is 22.7 Å². The van der Waals surface area contributed by atoms with E-state index in [1.807, 2.05) is 6.92 Å². The van der Waals surface area contributed by atoms with Crippen molar-refractivity contribution in [3.63, 3.8) is 0 Å². The van der Waals surface area contributed by atoms with E-state index in [0.717, 1.165) is 12.1 Å². The van der Waals surface area contributed by atoms with Crippen molar-refractivity contribution in [2.24, 2.45) is 5.73 Å². The molecule has 1 atom stereocenters. The molecule has 1 amide bonds. The average molecular weight is 316 g/mol. The molecular formula is C15H19F3N2O2. The topological polar surface area (TPSA) is 55.6 Å². The zero-order chi connectivity index (χ0) is 16.4. The highest BCUT2D eigenvalue weighted by atomic mass is 19.4. The molecule has 0 aromatic heterocycles. The van der Waals surface area contributed by atoms with Crippen LogP contribution in [0.3, 0.4) is 0 Å². The van der Waals surface area contributed by atoms with Gasteiger partial charge in [0.05, 0.1) is 11.2 Å². The number of hydrogen-bond acceptors (Lipinski definition) is 3. The van der Waals surface area contributed by atoms with Gasteiger partial charge < -0.3 is 15.4 Å². The molecule has 1 aliphatic heterocycles. The Balaban J connectivity index is 2.07. The summed E-state index contributed by atoms with van der Waals surface area (Å²) in [5.74, 6) is -0.172. The minimum absolute atomic E-state index is 0.0306. The normalized spacial score (nSPS) is 23.0. The van der Waals surface area contributed by atoms with E-state index in [-0.39, 0.29) is 19.1 Å². The highest BCUT2D eigenvalue weighted by Gasteiger charge is 2.35. The van der Waals surface area contributed by atoms with E-state index in [1.54, 1.807) is 4.90 Å². The molecule has 0 saturated carbocycles. The summed E-state index contributed by atoms with van der Waals surface area (Å²) in [6, 6.07) is 4.84. The van der Waals surface area contributed by atoms with Gasteiger partial charge in [0.2, 0.25) is 5.91 Å². The third-order valence-corrected chi connectivity index (χ3v) is 3.75. The molecule has 0 spiro atoms. The fourth-order valence-corrected chi connectivity index (χ4v) is 2.48. The Morgan fingerprint density at radius 1 is 1.32 bits per heavy atom. The number of alkyl halides is 3. The number of amides is 1. The molecule has 0 bridgehead atoms. The van der Waals surface area contributed by atoms with Gasteiger partial charge in [0.1, 0.15) is 6.61 Å². The van der Waals surface area contributed by atoms with Gasteiger partial charge in [-0.05, 0) is 37.6 Å². The van der Waals surface area contributed by atoms with Crippen LogP contribution in [0.5, 0.6) is 0 Å². The summed E-state index contributed by atoms with van der Waals surface area (Å²) in [4.78, 5) is 13.5. The molecule has 1 heterocycles. The van der Waals surface area contributed by atoms with E-state index in [9.17, 15) is 18.0 Å². The minimum Gasteiger partial charge on any atom is -0.364 e. The van der Waals surface area contributed by atoms with Crippen LogP contribution in [-0.4, -0.2) is 36.1 Å². The molecule has 1 saturated heterocycles. The van der Waals surface area contributed by atoms with Crippen molar-refractivity contribution >= 4 is 5.91 Å². The Kier molecular flexibility index (Phi) is 4.77. The standard InChI is InChI=1S/C15H19F3N2O2/c1-14(6-7-19)10-20(13(21)9-22-14)8-11-2-4-12(5-3-11)15(16,17)18/h2-5H,6-10,19H2,1H3. The number of morpholine rings is 1. The lowest BCUT2D eigenvalue weighted by Crippen LogP contribution is -2.53. The Morgan fingerprint density at radius 2 is 1.95 bits per heavy atom. The second-order valence-corrected chi connectivity index (χ2v) is 5.72. The number of nitrogens with two attached hydrogens (primary N) is 1. The summed E-state index contributed by atoms with van der Waals surface area (Å²) >= 11 is 0. The fourth-order valence-electron chi connectivity index (χ4n) is 2.48. The van der Waals surface area contributed by atoms with E-state index in [4.69, 9.17) is 10.5 Å². The smallest absolute Gasteiger partial charge is 0.364 e. The monoisotopic (exact) mass is 316 g/mol. The Morgan fingerprint density at radius 3 is 2.50 bits per heavy atom. The van der Waals surface area contributed by atoms with Crippen molar-refractivity contribution in [1.82, 2.24) is 4.90 Å². The van der Waals surface area contributed by atoms with Gasteiger partial charge in [-0.2, -0.15) is 13.2 Å². The first kappa shape index (κ1) is 16.8. The molecule has 1 aromatic carbocycles. The van der Waals surface area contributed by atoms with Gasteiger partial charge in [0, 0.05) is 13.1 Å². The number of hydrogen-bond donors (Lipinski definition) is 1. The van der Waals surface area contributed by atoms with Gasteiger partial charge in [-0.1, -0.05) is 12.1 Å². The third kappa shape index (κ3) is 3.98. The van der Waals surface area contributed by atoms with Gasteiger partial charge in [0.15, 0.2) is 0 Å². The average Bonchev–Trinajstić information content (AvgIpc) is 2.43. The number of carbonyl (C=O) groups excluding carboxylic acids is 1. The van der Waals surface area contributed by atoms with Crippen LogP contribution in [0, 0.1) is 0 Å². The molecule has 0 radical (unpaired) electrons. The van der Waals surface area contributed by atoms with Crippen LogP contribution in [0.25, 0.3) is 0 Å². The predicted octanol–water partition coefficient (Wildman–Crippen LogP) is 2.17. The highest BCUT2D eigenvalue weighted by Crippen LogP contribution is 2.29. The van der Waals surface area contributed by atoms with Crippen LogP contribution >= 0.6 is 0 Å². The van der Waals surface area contributed by atoms with E-state index in [1.165, 1.54) is 12.1 Å². The number of rotatable bonds is 4. The lowest BCUT2D eigenvalue weighted by molar-refractivity contribution is -0.162. The second kappa shape index (κ2) is 6.26. The van der Waals surface area contributed by atoms with E-state index < -0.39 is 17.3 Å². The molecule has 2 rings (SSSR count). The fraction of sp³-hybridized carbons (Fsp3) is 0.533. The molecule has 1 fully saturated rings. The Bertz CT molecular complexity index is 531. The van der Waals surface area contributed by atoms with Crippen LogP contribution in [0.15, 0.2) is 24.3 Å². The van der Waals surface area contributed by atoms with E-state index >= 15 is 0 Å². The summed E-state index contributed by atoms with van der Waals surface area (Å²) in [5, 5.41) is 0. The summed E-state index contributed by atoms with van der Waals surface area (Å²) in [5.41, 5.74) is 4.99. The van der Waals surface area contributed by atoms with Gasteiger partial charge in [-0.15, -0.1) is 0 Å². The summed E-state index contributed by atoms with van der Waals surface area (Å²) in [7, 11) is 0. The molecule has 7 heteroatoms. The first-order chi connectivity index (χ1) is 10.2. The zero-order valence-electron chi connectivity index (χ0n) is 12.3. The first-order valence-electron chi connectivity index (χ1n) is 7.01. The molecular weight excluding hydrogens is 297 g/mol. The highest BCUT2D eigenvalue weighted by molar-refractivity contribution is 5.78. The molecule has 122 valence electrons. The maximum atomic E-state index is 12.5. The van der Waals surface area contributed by atoms with Crippen LogP contribution < -0.4 is 5.73 Å². The van der Waals surface area contributed by atoms with Crippen molar-refractivity contribution in [2.45, 2.75) is 31.7 Å². The van der Waals surface area contributed by atoms with Crippen molar-refractivity contribution in [3.05, 3.63) is 35.4 Å². The molecule has 1 aromatic rings. The lowest BCUT2D eigenvalue weighted by atomic mass is 9.99. The SMILES string of the molecule is CC1(CCN)CN(Cc2ccc(C(F)(F)F)cc2)C(=O)CO1. The molecule has 22 heavy (non-hydrogen) atoms. The van der Waals surface area contributed by atoms with Gasteiger partial charge in [-0.3, -0.25) is 4.79 Å². The van der Waals surface area contributed by atoms with Crippen molar-refractivity contribution in [2.75, 3.05) is 19.7 Å². The Hall–Kier alpha value is -1.60. The minimum atomic E-state index is -4.35. The molecule has 2 N–H and O–H groups in total. The van der Waals surface area contributed by atoms with E-state index in [0.29, 0.717) is 25.1 Å². The van der Waals surface area contributed by atoms with Crippen LogP contribution in [0.1, 0.15) is 24.5 Å². The number of carbonyl (C=O) groups is 1. The summed E-state index contributed by atoms with van der Waals surface area (Å²) in [6.45, 7) is 2.94. The summed E-state index contributed by atoms with van der Waals surface area (Å²) in [6.07, 6.45) is -3.74. The van der Waals surface area contributed by atoms with Crippen LogP contribution in [0.4, 0.5) is 13.2 Å². The predicted molar refractivity (Wildman–Crippen MR) is 74.9 cm³/mol. The van der Waals surface area contributed by atoms with E-state index in [2.05, 4.69) is 0 Å². The first-order valence-corrected chi connectivity index (χ1v) is 7.01. The lowest BCUT2D eigenvalue weighted by Gasteiger charge is -2.40.